The zero-order valence-electron chi connectivity index (χ0n) is 6.40. The Bertz CT molecular complexity index is 185. The molecular formula is C7H12N4. The lowest BCUT2D eigenvalue weighted by molar-refractivity contribution is 0.494. The highest BCUT2D eigenvalue weighted by Gasteiger charge is 2.36. The minimum atomic E-state index is 0.289. The molecule has 2 fully saturated rings. The van der Waals surface area contributed by atoms with Gasteiger partial charge in [-0.05, 0) is 43.3 Å². The predicted molar refractivity (Wildman–Crippen MR) is 42.0 cm³/mol. The van der Waals surface area contributed by atoms with E-state index < -0.39 is 0 Å². The molecule has 1 saturated heterocycles. The maximum Gasteiger partial charge on any atom is 0.0380 e. The minimum absolute atomic E-state index is 0.289. The predicted octanol–water partition coefficient (Wildman–Crippen LogP) is 1.29. The fourth-order valence-corrected chi connectivity index (χ4v) is 2.30. The Morgan fingerprint density at radius 2 is 1.91 bits per heavy atom. The molecule has 2 atom stereocenters. The third-order valence-corrected chi connectivity index (χ3v) is 2.84. The first-order chi connectivity index (χ1) is 5.40. The van der Waals surface area contributed by atoms with Crippen LogP contribution >= 0.6 is 0 Å². The van der Waals surface area contributed by atoms with Crippen LogP contribution in [0.25, 0.3) is 10.4 Å². The number of rotatable bonds is 1. The van der Waals surface area contributed by atoms with E-state index >= 15 is 0 Å². The van der Waals surface area contributed by atoms with Gasteiger partial charge in [0.2, 0.25) is 0 Å². The van der Waals surface area contributed by atoms with Crippen LogP contribution in [0, 0.1) is 11.8 Å². The van der Waals surface area contributed by atoms with Crippen LogP contribution in [-0.4, -0.2) is 19.1 Å². The second-order valence-corrected chi connectivity index (χ2v) is 3.51. The Morgan fingerprint density at radius 1 is 1.27 bits per heavy atom. The van der Waals surface area contributed by atoms with Crippen LogP contribution < -0.4 is 5.32 Å². The number of hydrogen-bond donors (Lipinski definition) is 1. The molecule has 2 rings (SSSR count). The molecule has 1 aliphatic heterocycles. The number of azide groups is 1. The largest absolute Gasteiger partial charge is 0.316 e. The Kier molecular flexibility index (Phi) is 1.72. The molecule has 0 bridgehead atoms. The van der Waals surface area contributed by atoms with Gasteiger partial charge in [0.25, 0.3) is 0 Å². The van der Waals surface area contributed by atoms with Gasteiger partial charge in [-0.15, -0.1) is 0 Å². The lowest BCUT2D eigenvalue weighted by atomic mass is 10.0. The van der Waals surface area contributed by atoms with E-state index in [0.29, 0.717) is 0 Å². The molecule has 0 unspecified atom stereocenters. The SMILES string of the molecule is [N-]=[N+]=NC1C[C@@H]2CNC[C@H]2C1. The highest BCUT2D eigenvalue weighted by molar-refractivity contribution is 4.93. The maximum absolute atomic E-state index is 8.23. The van der Waals surface area contributed by atoms with Crippen molar-refractivity contribution in [1.82, 2.24) is 5.32 Å². The molecule has 1 N–H and O–H groups in total. The molecule has 0 aromatic rings. The quantitative estimate of drug-likeness (QED) is 0.343. The summed E-state index contributed by atoms with van der Waals surface area (Å²) < 4.78 is 0. The molecule has 1 aliphatic carbocycles. The van der Waals surface area contributed by atoms with E-state index in [1.165, 1.54) is 0 Å². The van der Waals surface area contributed by atoms with Crippen molar-refractivity contribution in [3.05, 3.63) is 10.4 Å². The molecule has 60 valence electrons. The first-order valence-corrected chi connectivity index (χ1v) is 4.15. The smallest absolute Gasteiger partial charge is 0.0380 e. The summed E-state index contributed by atoms with van der Waals surface area (Å²) in [6.45, 7) is 2.25. The van der Waals surface area contributed by atoms with E-state index in [1.54, 1.807) is 0 Å². The van der Waals surface area contributed by atoms with Gasteiger partial charge in [0.15, 0.2) is 0 Å². The number of nitrogens with zero attached hydrogens (tertiary/aromatic N) is 3. The molecule has 0 aromatic carbocycles. The monoisotopic (exact) mass is 152 g/mol. The number of hydrogen-bond acceptors (Lipinski definition) is 2. The average molecular weight is 152 g/mol. The van der Waals surface area contributed by atoms with Crippen LogP contribution in [-0.2, 0) is 0 Å². The lowest BCUT2D eigenvalue weighted by Crippen LogP contribution is -2.12. The summed E-state index contributed by atoms with van der Waals surface area (Å²) in [5, 5.41) is 7.11. The van der Waals surface area contributed by atoms with Crippen LogP contribution in [0.1, 0.15) is 12.8 Å². The Morgan fingerprint density at radius 3 is 2.45 bits per heavy atom. The second-order valence-electron chi connectivity index (χ2n) is 3.51. The van der Waals surface area contributed by atoms with E-state index in [0.717, 1.165) is 37.8 Å². The van der Waals surface area contributed by atoms with E-state index in [4.69, 9.17) is 5.53 Å². The van der Waals surface area contributed by atoms with Gasteiger partial charge in [-0.2, -0.15) is 0 Å². The molecule has 4 heteroatoms. The number of fused-ring (bicyclic) bond motifs is 1. The molecule has 0 amide bonds. The van der Waals surface area contributed by atoms with Crippen molar-refractivity contribution in [2.75, 3.05) is 13.1 Å². The van der Waals surface area contributed by atoms with Gasteiger partial charge in [-0.1, -0.05) is 5.11 Å². The first kappa shape index (κ1) is 6.95. The standard InChI is InChI=1S/C7H12N4/c8-11-10-7-1-5-3-9-4-6(5)2-7/h5-7,9H,1-4H2/t5-,6-/m1/s1. The van der Waals surface area contributed by atoms with E-state index in [-0.39, 0.29) is 6.04 Å². The van der Waals surface area contributed by atoms with Crippen LogP contribution in [0.4, 0.5) is 0 Å². The average Bonchev–Trinajstić information content (AvgIpc) is 2.46. The summed E-state index contributed by atoms with van der Waals surface area (Å²) >= 11 is 0. The summed E-state index contributed by atoms with van der Waals surface area (Å²) in [7, 11) is 0. The number of nitrogens with one attached hydrogen (secondary N) is 1. The molecule has 1 saturated carbocycles. The molecule has 0 spiro atoms. The maximum atomic E-state index is 8.23. The molecule has 1 heterocycles. The molecule has 0 aromatic heterocycles. The van der Waals surface area contributed by atoms with E-state index in [9.17, 15) is 0 Å². The van der Waals surface area contributed by atoms with E-state index in [1.807, 2.05) is 0 Å². The molecule has 4 nitrogen and oxygen atoms in total. The third-order valence-electron chi connectivity index (χ3n) is 2.84. The Labute approximate surface area is 65.6 Å². The van der Waals surface area contributed by atoms with Gasteiger partial charge in [0.05, 0.1) is 0 Å². The van der Waals surface area contributed by atoms with Crippen molar-refractivity contribution in [2.45, 2.75) is 18.9 Å². The molecular weight excluding hydrogens is 140 g/mol. The van der Waals surface area contributed by atoms with Gasteiger partial charge in [0, 0.05) is 11.0 Å². The Hall–Kier alpha value is -0.730. The summed E-state index contributed by atoms with van der Waals surface area (Å²) in [5.41, 5.74) is 8.23. The van der Waals surface area contributed by atoms with Gasteiger partial charge < -0.3 is 5.32 Å². The van der Waals surface area contributed by atoms with Crippen molar-refractivity contribution in [1.29, 1.82) is 0 Å². The van der Waals surface area contributed by atoms with Gasteiger partial charge >= 0.3 is 0 Å². The zero-order chi connectivity index (χ0) is 7.68. The Balaban J connectivity index is 1.99. The normalized spacial score (nSPS) is 36.7. The highest BCUT2D eigenvalue weighted by Crippen LogP contribution is 2.35. The fraction of sp³-hybridized carbons (Fsp3) is 1.00. The van der Waals surface area contributed by atoms with Gasteiger partial charge in [0.1, 0.15) is 0 Å². The van der Waals surface area contributed by atoms with E-state index in [2.05, 4.69) is 15.3 Å². The highest BCUT2D eigenvalue weighted by atomic mass is 15.2. The first-order valence-electron chi connectivity index (χ1n) is 4.15. The summed E-state index contributed by atoms with van der Waals surface area (Å²) in [4.78, 5) is 2.85. The summed E-state index contributed by atoms with van der Waals surface area (Å²) in [6.07, 6.45) is 2.20. The van der Waals surface area contributed by atoms with Gasteiger partial charge in [-0.25, -0.2) is 0 Å². The molecule has 2 aliphatic rings. The van der Waals surface area contributed by atoms with Crippen molar-refractivity contribution >= 4 is 0 Å². The molecule has 11 heavy (non-hydrogen) atoms. The van der Waals surface area contributed by atoms with Crippen LogP contribution in [0.2, 0.25) is 0 Å². The second kappa shape index (κ2) is 2.72. The van der Waals surface area contributed by atoms with Crippen molar-refractivity contribution in [2.24, 2.45) is 17.0 Å². The lowest BCUT2D eigenvalue weighted by Gasteiger charge is -2.02. The fourth-order valence-electron chi connectivity index (χ4n) is 2.30. The van der Waals surface area contributed by atoms with Crippen LogP contribution in [0.5, 0.6) is 0 Å². The summed E-state index contributed by atoms with van der Waals surface area (Å²) in [6, 6.07) is 0.289. The summed E-state index contributed by atoms with van der Waals surface area (Å²) in [5.74, 6) is 1.57. The van der Waals surface area contributed by atoms with Crippen LogP contribution in [0.15, 0.2) is 5.11 Å². The topological polar surface area (TPSA) is 60.8 Å². The third kappa shape index (κ3) is 1.19. The van der Waals surface area contributed by atoms with Crippen molar-refractivity contribution in [3.8, 4) is 0 Å². The van der Waals surface area contributed by atoms with Gasteiger partial charge in [-0.3, -0.25) is 0 Å². The zero-order valence-corrected chi connectivity index (χ0v) is 6.40. The minimum Gasteiger partial charge on any atom is -0.316 e. The van der Waals surface area contributed by atoms with Crippen molar-refractivity contribution < 1.29 is 0 Å². The van der Waals surface area contributed by atoms with Crippen LogP contribution in [0.3, 0.4) is 0 Å². The molecule has 0 radical (unpaired) electrons. The van der Waals surface area contributed by atoms with Crippen molar-refractivity contribution in [3.63, 3.8) is 0 Å².